The third-order valence-electron chi connectivity index (χ3n) is 3.73. The van der Waals surface area contributed by atoms with Crippen LogP contribution in [0.25, 0.3) is 11.3 Å². The lowest BCUT2D eigenvalue weighted by Gasteiger charge is -2.18. The van der Waals surface area contributed by atoms with Gasteiger partial charge in [0.2, 0.25) is 0 Å². The minimum absolute atomic E-state index is 0.00610. The second-order valence-corrected chi connectivity index (χ2v) is 5.61. The molecule has 3 N–H and O–H groups in total. The summed E-state index contributed by atoms with van der Waals surface area (Å²) in [7, 11) is 0. The van der Waals surface area contributed by atoms with Crippen LogP contribution in [0, 0.1) is 19.3 Å². The Kier molecular flexibility index (Phi) is 3.98. The normalized spacial score (nSPS) is 10.9. The van der Waals surface area contributed by atoms with E-state index in [0.717, 1.165) is 11.3 Å². The fourth-order valence-corrected chi connectivity index (χ4v) is 2.41. The summed E-state index contributed by atoms with van der Waals surface area (Å²) in [6, 6.07) is 9.64. The van der Waals surface area contributed by atoms with E-state index in [4.69, 9.17) is 11.1 Å². The Hall–Kier alpha value is -2.36. The van der Waals surface area contributed by atoms with E-state index in [9.17, 15) is 4.79 Å². The summed E-state index contributed by atoms with van der Waals surface area (Å²) >= 11 is 0. The van der Waals surface area contributed by atoms with E-state index in [2.05, 4.69) is 26.0 Å². The number of pyridine rings is 1. The Balaban J connectivity index is 2.74. The molecule has 0 amide bonds. The highest BCUT2D eigenvalue weighted by atomic mass is 16.1. The molecule has 2 aromatic rings. The van der Waals surface area contributed by atoms with E-state index in [1.807, 2.05) is 26.0 Å². The Morgan fingerprint density at radius 1 is 1.14 bits per heavy atom. The molecule has 0 spiro atoms. The molecule has 0 unspecified atom stereocenters. The molecule has 21 heavy (non-hydrogen) atoms. The van der Waals surface area contributed by atoms with Crippen LogP contribution in [0.2, 0.25) is 0 Å². The third kappa shape index (κ3) is 2.75. The molecule has 0 aliphatic rings. The van der Waals surface area contributed by atoms with E-state index in [0.29, 0.717) is 0 Å². The maximum Gasteiger partial charge on any atom is 0.262 e. The molecule has 0 saturated heterocycles. The maximum absolute atomic E-state index is 12.5. The lowest BCUT2D eigenvalue weighted by molar-refractivity contribution is 0.584. The summed E-state index contributed by atoms with van der Waals surface area (Å²) in [6.45, 7) is 8.03. The van der Waals surface area contributed by atoms with E-state index in [-0.39, 0.29) is 23.0 Å². The highest BCUT2D eigenvalue weighted by molar-refractivity contribution is 5.94. The summed E-state index contributed by atoms with van der Waals surface area (Å²) in [6.07, 6.45) is 0. The minimum atomic E-state index is -0.215. The number of nitrogens with zero attached hydrogens (tertiary/aromatic N) is 1. The first-order valence-electron chi connectivity index (χ1n) is 7.00. The Bertz CT molecular complexity index is 757. The van der Waals surface area contributed by atoms with E-state index in [1.54, 1.807) is 10.6 Å². The van der Waals surface area contributed by atoms with Crippen LogP contribution in [0.4, 0.5) is 0 Å². The van der Waals surface area contributed by atoms with Crippen LogP contribution in [0.3, 0.4) is 0 Å². The topological polar surface area (TPSA) is 71.9 Å². The highest BCUT2D eigenvalue weighted by Gasteiger charge is 2.14. The molecule has 0 bridgehead atoms. The summed E-state index contributed by atoms with van der Waals surface area (Å²) in [4.78, 5) is 12.5. The molecule has 2 rings (SSSR count). The molecule has 1 aromatic carbocycles. The Labute approximate surface area is 124 Å². The summed E-state index contributed by atoms with van der Waals surface area (Å²) in [5, 5.41) is 7.52. The lowest BCUT2D eigenvalue weighted by Crippen LogP contribution is -2.31. The molecule has 1 aromatic heterocycles. The molecule has 0 atom stereocenters. The number of benzene rings is 1. The van der Waals surface area contributed by atoms with Gasteiger partial charge in [0.25, 0.3) is 5.56 Å². The zero-order valence-corrected chi connectivity index (χ0v) is 12.9. The van der Waals surface area contributed by atoms with Gasteiger partial charge in [-0.15, -0.1) is 0 Å². The number of nitrogens with two attached hydrogens (primary N) is 1. The van der Waals surface area contributed by atoms with Gasteiger partial charge in [-0.25, -0.2) is 0 Å². The first kappa shape index (κ1) is 15.0. The van der Waals surface area contributed by atoms with Crippen molar-refractivity contribution >= 4 is 5.84 Å². The summed E-state index contributed by atoms with van der Waals surface area (Å²) < 4.78 is 1.70. The fraction of sp³-hybridized carbons (Fsp3) is 0.294. The van der Waals surface area contributed by atoms with Crippen LogP contribution in [-0.2, 0) is 0 Å². The average molecular weight is 283 g/mol. The van der Waals surface area contributed by atoms with E-state index >= 15 is 0 Å². The smallest absolute Gasteiger partial charge is 0.262 e. The Morgan fingerprint density at radius 3 is 2.33 bits per heavy atom. The quantitative estimate of drug-likeness (QED) is 0.671. The van der Waals surface area contributed by atoms with Crippen LogP contribution in [0.5, 0.6) is 0 Å². The van der Waals surface area contributed by atoms with Crippen LogP contribution >= 0.6 is 0 Å². The number of hydrogen-bond acceptors (Lipinski definition) is 2. The van der Waals surface area contributed by atoms with Crippen LogP contribution in [0.15, 0.2) is 35.1 Å². The second-order valence-electron chi connectivity index (χ2n) is 5.61. The van der Waals surface area contributed by atoms with Gasteiger partial charge in [0.05, 0.1) is 11.3 Å². The number of rotatable bonds is 3. The van der Waals surface area contributed by atoms with Crippen molar-refractivity contribution in [1.82, 2.24) is 4.57 Å². The number of hydrogen-bond donors (Lipinski definition) is 2. The number of aromatic nitrogens is 1. The Morgan fingerprint density at radius 2 is 1.81 bits per heavy atom. The fourth-order valence-electron chi connectivity index (χ4n) is 2.41. The molecule has 0 fully saturated rings. The number of amidine groups is 1. The molecule has 0 aliphatic carbocycles. The summed E-state index contributed by atoms with van der Waals surface area (Å²) in [5.41, 5.74) is 9.77. The molecule has 0 saturated carbocycles. The predicted molar refractivity (Wildman–Crippen MR) is 87.0 cm³/mol. The zero-order valence-electron chi connectivity index (χ0n) is 12.9. The SMILES string of the molecule is Cc1ccc(-c2ccc(C(=N)N)c(=O)n2C(C)C)cc1C. The van der Waals surface area contributed by atoms with Crippen molar-refractivity contribution in [1.29, 1.82) is 5.41 Å². The second kappa shape index (κ2) is 5.56. The third-order valence-corrected chi connectivity index (χ3v) is 3.73. The molecule has 0 radical (unpaired) electrons. The van der Waals surface area contributed by atoms with Gasteiger partial charge in [-0.1, -0.05) is 12.1 Å². The maximum atomic E-state index is 12.5. The largest absolute Gasteiger partial charge is 0.384 e. The van der Waals surface area contributed by atoms with E-state index in [1.165, 1.54) is 11.1 Å². The lowest BCUT2D eigenvalue weighted by atomic mass is 10.0. The van der Waals surface area contributed by atoms with Crippen molar-refractivity contribution in [2.24, 2.45) is 5.73 Å². The highest BCUT2D eigenvalue weighted by Crippen LogP contribution is 2.23. The van der Waals surface area contributed by atoms with Crippen LogP contribution in [-0.4, -0.2) is 10.4 Å². The van der Waals surface area contributed by atoms with Gasteiger partial charge < -0.3 is 10.3 Å². The van der Waals surface area contributed by atoms with Gasteiger partial charge in [0, 0.05) is 6.04 Å². The van der Waals surface area contributed by atoms with Crippen molar-refractivity contribution in [2.75, 3.05) is 0 Å². The van der Waals surface area contributed by atoms with Gasteiger partial charge in [-0.3, -0.25) is 10.2 Å². The number of nitrogens with one attached hydrogen (secondary N) is 1. The molecular formula is C17H21N3O. The van der Waals surface area contributed by atoms with Crippen LogP contribution in [0.1, 0.15) is 36.6 Å². The molecule has 1 heterocycles. The van der Waals surface area contributed by atoms with Crippen molar-refractivity contribution < 1.29 is 0 Å². The van der Waals surface area contributed by atoms with Gasteiger partial charge in [-0.2, -0.15) is 0 Å². The first-order valence-corrected chi connectivity index (χ1v) is 7.00. The van der Waals surface area contributed by atoms with Crippen molar-refractivity contribution in [2.45, 2.75) is 33.7 Å². The van der Waals surface area contributed by atoms with Crippen molar-refractivity contribution in [3.05, 3.63) is 57.4 Å². The van der Waals surface area contributed by atoms with E-state index < -0.39 is 0 Å². The average Bonchev–Trinajstić information content (AvgIpc) is 2.40. The molecular weight excluding hydrogens is 262 g/mol. The number of aryl methyl sites for hydroxylation is 2. The van der Waals surface area contributed by atoms with Crippen LogP contribution < -0.4 is 11.3 Å². The van der Waals surface area contributed by atoms with Crippen molar-refractivity contribution in [3.8, 4) is 11.3 Å². The zero-order chi connectivity index (χ0) is 15.7. The van der Waals surface area contributed by atoms with Gasteiger partial charge in [0.1, 0.15) is 5.84 Å². The van der Waals surface area contributed by atoms with Gasteiger partial charge >= 0.3 is 0 Å². The van der Waals surface area contributed by atoms with Gasteiger partial charge in [-0.05, 0) is 62.6 Å². The number of nitrogen functional groups attached to an aromatic ring is 1. The van der Waals surface area contributed by atoms with Gasteiger partial charge in [0.15, 0.2) is 0 Å². The molecule has 0 aliphatic heterocycles. The summed E-state index contributed by atoms with van der Waals surface area (Å²) in [5.74, 6) is -0.193. The first-order chi connectivity index (χ1) is 9.82. The standard InChI is InChI=1S/C17H21N3O/c1-10(2)20-15(8-7-14(16(18)19)17(20)21)13-6-5-11(3)12(4)9-13/h5-10H,1-4H3,(H3,18,19). The minimum Gasteiger partial charge on any atom is -0.384 e. The molecule has 110 valence electrons. The predicted octanol–water partition coefficient (Wildman–Crippen LogP) is 3.00. The monoisotopic (exact) mass is 283 g/mol. The van der Waals surface area contributed by atoms with Crippen molar-refractivity contribution in [3.63, 3.8) is 0 Å². The molecule has 4 nitrogen and oxygen atoms in total. The molecule has 4 heteroatoms.